The van der Waals surface area contributed by atoms with Crippen LogP contribution in [0, 0.1) is 15.9 Å². The van der Waals surface area contributed by atoms with Gasteiger partial charge in [0.2, 0.25) is 0 Å². The molecule has 2 heterocycles. The van der Waals surface area contributed by atoms with Gasteiger partial charge in [-0.25, -0.2) is 9.37 Å². The number of carbonyl (C=O) groups excluding carboxylic acids is 1. The van der Waals surface area contributed by atoms with Crippen molar-refractivity contribution < 1.29 is 14.1 Å². The number of piperazine rings is 1. The van der Waals surface area contributed by atoms with E-state index in [1.54, 1.807) is 17.0 Å². The van der Waals surface area contributed by atoms with Gasteiger partial charge in [-0.05, 0) is 36.4 Å². The van der Waals surface area contributed by atoms with Gasteiger partial charge in [0, 0.05) is 43.7 Å². The number of hydrogen-bond donors (Lipinski definition) is 0. The average Bonchev–Trinajstić information content (AvgIpc) is 2.72. The molecule has 3 aromatic rings. The van der Waals surface area contributed by atoms with E-state index in [0.717, 1.165) is 11.9 Å². The lowest BCUT2D eigenvalue weighted by atomic mass is 10.1. The first-order chi connectivity index (χ1) is 13.9. The van der Waals surface area contributed by atoms with E-state index < -0.39 is 10.7 Å². The molecule has 148 valence electrons. The molecule has 1 fully saturated rings. The molecule has 0 atom stereocenters. The van der Waals surface area contributed by atoms with Gasteiger partial charge in [0.1, 0.15) is 11.6 Å². The Morgan fingerprint density at radius 1 is 1.07 bits per heavy atom. The van der Waals surface area contributed by atoms with Crippen LogP contribution in [0.2, 0.25) is 5.02 Å². The average molecular weight is 415 g/mol. The normalized spacial score (nSPS) is 14.3. The number of anilines is 1. The maximum Gasteiger partial charge on any atom is 0.270 e. The van der Waals surface area contributed by atoms with Crippen molar-refractivity contribution in [3.8, 4) is 0 Å². The summed E-state index contributed by atoms with van der Waals surface area (Å²) >= 11 is 6.00. The number of pyridine rings is 1. The molecule has 2 aromatic carbocycles. The topological polar surface area (TPSA) is 79.6 Å². The zero-order chi connectivity index (χ0) is 20.5. The molecule has 0 unspecified atom stereocenters. The van der Waals surface area contributed by atoms with Crippen molar-refractivity contribution >= 4 is 39.9 Å². The zero-order valence-corrected chi connectivity index (χ0v) is 16.0. The highest BCUT2D eigenvalue weighted by atomic mass is 35.5. The number of fused-ring (bicyclic) bond motifs is 1. The summed E-state index contributed by atoms with van der Waals surface area (Å²) in [4.78, 5) is 31.5. The molecule has 1 aliphatic heterocycles. The number of amides is 1. The Hall–Kier alpha value is -3.26. The summed E-state index contributed by atoms with van der Waals surface area (Å²) in [6.07, 6.45) is 0. The summed E-state index contributed by atoms with van der Waals surface area (Å²) in [7, 11) is 0. The van der Waals surface area contributed by atoms with Crippen molar-refractivity contribution in [1.82, 2.24) is 9.88 Å². The zero-order valence-electron chi connectivity index (χ0n) is 15.2. The lowest BCUT2D eigenvalue weighted by molar-refractivity contribution is -0.384. The molecule has 4 rings (SSSR count). The molecular weight excluding hydrogens is 399 g/mol. The van der Waals surface area contributed by atoms with Gasteiger partial charge in [-0.2, -0.15) is 0 Å². The van der Waals surface area contributed by atoms with Gasteiger partial charge in [0.05, 0.1) is 21.0 Å². The van der Waals surface area contributed by atoms with Gasteiger partial charge >= 0.3 is 0 Å². The van der Waals surface area contributed by atoms with Crippen molar-refractivity contribution in [1.29, 1.82) is 0 Å². The van der Waals surface area contributed by atoms with Crippen molar-refractivity contribution in [2.75, 3.05) is 31.1 Å². The number of carbonyl (C=O) groups is 1. The molecule has 1 aliphatic rings. The van der Waals surface area contributed by atoms with E-state index in [4.69, 9.17) is 11.6 Å². The van der Waals surface area contributed by atoms with Crippen molar-refractivity contribution in [2.24, 2.45) is 0 Å². The fourth-order valence-electron chi connectivity index (χ4n) is 3.36. The van der Waals surface area contributed by atoms with Gasteiger partial charge in [-0.1, -0.05) is 11.6 Å². The lowest BCUT2D eigenvalue weighted by Crippen LogP contribution is -2.49. The van der Waals surface area contributed by atoms with Gasteiger partial charge in [0.15, 0.2) is 0 Å². The fourth-order valence-corrected chi connectivity index (χ4v) is 3.61. The van der Waals surface area contributed by atoms with Crippen LogP contribution in [0.4, 0.5) is 15.9 Å². The molecule has 0 bridgehead atoms. The minimum atomic E-state index is -0.482. The minimum Gasteiger partial charge on any atom is -0.353 e. The number of benzene rings is 2. The van der Waals surface area contributed by atoms with E-state index >= 15 is 0 Å². The van der Waals surface area contributed by atoms with Gasteiger partial charge in [-0.15, -0.1) is 0 Å². The van der Waals surface area contributed by atoms with Crippen LogP contribution in [-0.2, 0) is 0 Å². The van der Waals surface area contributed by atoms with E-state index in [1.165, 1.54) is 24.3 Å². The van der Waals surface area contributed by atoms with Crippen LogP contribution in [-0.4, -0.2) is 46.9 Å². The molecule has 1 saturated heterocycles. The Balaban J connectivity index is 1.47. The molecule has 7 nitrogen and oxygen atoms in total. The van der Waals surface area contributed by atoms with E-state index in [0.29, 0.717) is 37.1 Å². The Morgan fingerprint density at radius 2 is 1.83 bits per heavy atom. The molecule has 0 radical (unpaired) electrons. The second-order valence-corrected chi connectivity index (χ2v) is 7.11. The minimum absolute atomic E-state index is 0.0265. The third-order valence-electron chi connectivity index (χ3n) is 4.92. The Morgan fingerprint density at radius 3 is 2.52 bits per heavy atom. The van der Waals surface area contributed by atoms with Crippen LogP contribution >= 0.6 is 11.6 Å². The highest BCUT2D eigenvalue weighted by molar-refractivity contribution is 6.33. The monoisotopic (exact) mass is 414 g/mol. The second-order valence-electron chi connectivity index (χ2n) is 6.71. The van der Waals surface area contributed by atoms with Crippen molar-refractivity contribution in [3.63, 3.8) is 0 Å². The quantitative estimate of drug-likeness (QED) is 0.479. The number of rotatable bonds is 3. The first-order valence-electron chi connectivity index (χ1n) is 8.97. The second kappa shape index (κ2) is 7.63. The first-order valence-corrected chi connectivity index (χ1v) is 9.34. The number of non-ortho nitro benzene ring substituents is 1. The van der Waals surface area contributed by atoms with Crippen LogP contribution in [0.5, 0.6) is 0 Å². The van der Waals surface area contributed by atoms with Crippen molar-refractivity contribution in [3.05, 3.63) is 75.0 Å². The fraction of sp³-hybridized carbons (Fsp3) is 0.200. The van der Waals surface area contributed by atoms with E-state index in [1.807, 2.05) is 6.07 Å². The number of nitrogens with zero attached hydrogens (tertiary/aromatic N) is 4. The van der Waals surface area contributed by atoms with Crippen LogP contribution in [0.3, 0.4) is 0 Å². The largest absolute Gasteiger partial charge is 0.353 e. The SMILES string of the molecule is O=C(c1ccc(F)cc1Cl)N1CCN(c2ccc3cc([N+](=O)[O-])ccc3n2)CC1. The summed E-state index contributed by atoms with van der Waals surface area (Å²) in [6.45, 7) is 2.12. The maximum absolute atomic E-state index is 13.2. The van der Waals surface area contributed by atoms with Crippen LogP contribution in [0.1, 0.15) is 10.4 Å². The molecule has 0 saturated carbocycles. The maximum atomic E-state index is 13.2. The molecule has 0 spiro atoms. The third kappa shape index (κ3) is 3.84. The standard InChI is InChI=1S/C20H16ClFN4O3/c21-17-12-14(22)2-4-16(17)20(27)25-9-7-24(8-10-25)19-6-1-13-11-15(26(28)29)3-5-18(13)23-19/h1-6,11-12H,7-10H2. The summed E-state index contributed by atoms with van der Waals surface area (Å²) in [6, 6.07) is 11.9. The van der Waals surface area contributed by atoms with Gasteiger partial charge < -0.3 is 9.80 Å². The van der Waals surface area contributed by atoms with Crippen LogP contribution in [0.25, 0.3) is 10.9 Å². The van der Waals surface area contributed by atoms with E-state index in [9.17, 15) is 19.3 Å². The van der Waals surface area contributed by atoms with Crippen LogP contribution in [0.15, 0.2) is 48.5 Å². The molecule has 29 heavy (non-hydrogen) atoms. The Kier molecular flexibility index (Phi) is 5.02. The predicted molar refractivity (Wildman–Crippen MR) is 108 cm³/mol. The number of aromatic nitrogens is 1. The summed E-state index contributed by atoms with van der Waals surface area (Å²) in [5, 5.41) is 11.7. The predicted octanol–water partition coefficient (Wildman–Crippen LogP) is 3.90. The number of nitro groups is 1. The van der Waals surface area contributed by atoms with E-state index in [-0.39, 0.29) is 22.2 Å². The summed E-state index contributed by atoms with van der Waals surface area (Å²) < 4.78 is 13.2. The highest BCUT2D eigenvalue weighted by Gasteiger charge is 2.24. The van der Waals surface area contributed by atoms with Gasteiger partial charge in [0.25, 0.3) is 11.6 Å². The number of nitro benzene ring substituents is 1. The Bertz CT molecular complexity index is 1120. The highest BCUT2D eigenvalue weighted by Crippen LogP contribution is 2.24. The molecule has 0 N–H and O–H groups in total. The number of hydrogen-bond acceptors (Lipinski definition) is 5. The summed E-state index contributed by atoms with van der Waals surface area (Å²) in [5.74, 6) is 0.0378. The van der Waals surface area contributed by atoms with Crippen molar-refractivity contribution in [2.45, 2.75) is 0 Å². The molecule has 1 aromatic heterocycles. The van der Waals surface area contributed by atoms with Crippen LogP contribution < -0.4 is 4.90 Å². The molecule has 9 heteroatoms. The smallest absolute Gasteiger partial charge is 0.270 e. The third-order valence-corrected chi connectivity index (χ3v) is 5.23. The first kappa shape index (κ1) is 19.1. The van der Waals surface area contributed by atoms with Gasteiger partial charge in [-0.3, -0.25) is 14.9 Å². The summed E-state index contributed by atoms with van der Waals surface area (Å²) in [5.41, 5.74) is 0.982. The number of halogens is 2. The molecule has 0 aliphatic carbocycles. The molecule has 1 amide bonds. The molecular formula is C20H16ClFN4O3. The Labute approximate surface area is 170 Å². The lowest BCUT2D eigenvalue weighted by Gasteiger charge is -2.35. The van der Waals surface area contributed by atoms with E-state index in [2.05, 4.69) is 9.88 Å².